The van der Waals surface area contributed by atoms with Crippen molar-refractivity contribution in [2.75, 3.05) is 20.7 Å². The largest absolute Gasteiger partial charge is 0.494 e. The predicted octanol–water partition coefficient (Wildman–Crippen LogP) is 2.40. The summed E-state index contributed by atoms with van der Waals surface area (Å²) in [5, 5.41) is 0. The standard InChI is InChI=1S/C18H21FN2O4S/c1-4-21(12-13-5-10-17(25-3)16(19)11-13)18(22)14-6-8-15(9-7-14)26(23,24)20-2/h5-11,20H,4,12H2,1-3H3. The second kappa shape index (κ2) is 8.29. The van der Waals surface area contributed by atoms with E-state index in [1.54, 1.807) is 11.0 Å². The Hall–Kier alpha value is -2.45. The molecule has 0 aliphatic heterocycles. The summed E-state index contributed by atoms with van der Waals surface area (Å²) in [5.74, 6) is -0.614. The smallest absolute Gasteiger partial charge is 0.254 e. The highest BCUT2D eigenvalue weighted by Crippen LogP contribution is 2.19. The highest BCUT2D eigenvalue weighted by Gasteiger charge is 2.17. The van der Waals surface area contributed by atoms with Gasteiger partial charge in [-0.25, -0.2) is 17.5 Å². The minimum Gasteiger partial charge on any atom is -0.494 e. The summed E-state index contributed by atoms with van der Waals surface area (Å²) in [6.45, 7) is 2.47. The molecule has 2 rings (SSSR count). The molecule has 1 amide bonds. The molecule has 0 saturated heterocycles. The Morgan fingerprint density at radius 2 is 1.85 bits per heavy atom. The molecule has 140 valence electrons. The van der Waals surface area contributed by atoms with E-state index in [4.69, 9.17) is 4.74 Å². The molecule has 0 fully saturated rings. The van der Waals surface area contributed by atoms with Gasteiger partial charge in [0.2, 0.25) is 10.0 Å². The number of benzene rings is 2. The second-order valence-electron chi connectivity index (χ2n) is 5.52. The summed E-state index contributed by atoms with van der Waals surface area (Å²) < 4.78 is 44.4. The molecule has 0 aromatic heterocycles. The van der Waals surface area contributed by atoms with Crippen molar-refractivity contribution < 1.29 is 22.3 Å². The third-order valence-corrected chi connectivity index (χ3v) is 5.37. The van der Waals surface area contributed by atoms with Crippen LogP contribution in [0.3, 0.4) is 0 Å². The van der Waals surface area contributed by atoms with Crippen molar-refractivity contribution in [3.63, 3.8) is 0 Å². The topological polar surface area (TPSA) is 75.7 Å². The first-order valence-electron chi connectivity index (χ1n) is 7.97. The van der Waals surface area contributed by atoms with Crippen LogP contribution in [0.1, 0.15) is 22.8 Å². The van der Waals surface area contributed by atoms with Crippen molar-refractivity contribution in [3.05, 3.63) is 59.4 Å². The molecule has 0 saturated carbocycles. The Kier molecular flexibility index (Phi) is 6.33. The van der Waals surface area contributed by atoms with E-state index in [-0.39, 0.29) is 23.1 Å². The number of nitrogens with one attached hydrogen (secondary N) is 1. The number of sulfonamides is 1. The summed E-state index contributed by atoms with van der Waals surface area (Å²) in [7, 11) is -0.847. The molecule has 0 radical (unpaired) electrons. The van der Waals surface area contributed by atoms with E-state index in [0.717, 1.165) is 0 Å². The molecule has 1 N–H and O–H groups in total. The van der Waals surface area contributed by atoms with Crippen molar-refractivity contribution in [2.45, 2.75) is 18.4 Å². The van der Waals surface area contributed by atoms with Gasteiger partial charge >= 0.3 is 0 Å². The number of rotatable bonds is 7. The van der Waals surface area contributed by atoms with E-state index in [9.17, 15) is 17.6 Å². The van der Waals surface area contributed by atoms with Crippen LogP contribution >= 0.6 is 0 Å². The quantitative estimate of drug-likeness (QED) is 0.800. The second-order valence-corrected chi connectivity index (χ2v) is 7.41. The number of nitrogens with zero attached hydrogens (tertiary/aromatic N) is 1. The maximum absolute atomic E-state index is 13.8. The van der Waals surface area contributed by atoms with Crippen molar-refractivity contribution in [1.82, 2.24) is 9.62 Å². The number of amides is 1. The van der Waals surface area contributed by atoms with E-state index in [1.807, 2.05) is 6.92 Å². The van der Waals surface area contributed by atoms with Crippen LogP contribution in [0.5, 0.6) is 5.75 Å². The Bertz CT molecular complexity index is 883. The SMILES string of the molecule is CCN(Cc1ccc(OC)c(F)c1)C(=O)c1ccc(S(=O)(=O)NC)cc1. The lowest BCUT2D eigenvalue weighted by Crippen LogP contribution is -2.30. The maximum Gasteiger partial charge on any atom is 0.254 e. The Balaban J connectivity index is 2.19. The van der Waals surface area contributed by atoms with Gasteiger partial charge in [-0.2, -0.15) is 0 Å². The zero-order chi connectivity index (χ0) is 19.3. The van der Waals surface area contributed by atoms with Gasteiger partial charge in [0.25, 0.3) is 5.91 Å². The summed E-state index contributed by atoms with van der Waals surface area (Å²) in [4.78, 5) is 14.3. The fraction of sp³-hybridized carbons (Fsp3) is 0.278. The normalized spacial score (nSPS) is 11.2. The molecule has 0 heterocycles. The number of carbonyl (C=O) groups excluding carboxylic acids is 1. The van der Waals surface area contributed by atoms with Crippen LogP contribution in [0.2, 0.25) is 0 Å². The first-order chi connectivity index (χ1) is 12.3. The Morgan fingerprint density at radius 3 is 2.35 bits per heavy atom. The minimum absolute atomic E-state index is 0.0804. The average Bonchev–Trinajstić information content (AvgIpc) is 2.65. The molecule has 8 heteroatoms. The predicted molar refractivity (Wildman–Crippen MR) is 96.1 cm³/mol. The monoisotopic (exact) mass is 380 g/mol. The molecular weight excluding hydrogens is 359 g/mol. The number of hydrogen-bond donors (Lipinski definition) is 1. The molecule has 6 nitrogen and oxygen atoms in total. The van der Waals surface area contributed by atoms with Gasteiger partial charge in [0.1, 0.15) is 0 Å². The van der Waals surface area contributed by atoms with Gasteiger partial charge in [-0.1, -0.05) is 6.07 Å². The lowest BCUT2D eigenvalue weighted by Gasteiger charge is -2.21. The molecular formula is C18H21FN2O4S. The molecule has 2 aromatic carbocycles. The minimum atomic E-state index is -3.55. The first-order valence-corrected chi connectivity index (χ1v) is 9.46. The van der Waals surface area contributed by atoms with Crippen LogP contribution in [0.4, 0.5) is 4.39 Å². The van der Waals surface area contributed by atoms with Gasteiger partial charge in [0, 0.05) is 18.7 Å². The van der Waals surface area contributed by atoms with Crippen LogP contribution in [-0.4, -0.2) is 39.9 Å². The van der Waals surface area contributed by atoms with Crippen molar-refractivity contribution in [1.29, 1.82) is 0 Å². The molecule has 0 spiro atoms. The number of carbonyl (C=O) groups is 1. The summed E-state index contributed by atoms with van der Waals surface area (Å²) in [6.07, 6.45) is 0. The van der Waals surface area contributed by atoms with Gasteiger partial charge in [0.05, 0.1) is 12.0 Å². The van der Waals surface area contributed by atoms with Crippen LogP contribution in [0, 0.1) is 5.82 Å². The fourth-order valence-corrected chi connectivity index (χ4v) is 3.16. The van der Waals surface area contributed by atoms with Crippen LogP contribution in [0.25, 0.3) is 0 Å². The number of hydrogen-bond acceptors (Lipinski definition) is 4. The zero-order valence-electron chi connectivity index (χ0n) is 14.8. The van der Waals surface area contributed by atoms with Gasteiger partial charge in [-0.15, -0.1) is 0 Å². The van der Waals surface area contributed by atoms with Crippen molar-refractivity contribution in [3.8, 4) is 5.75 Å². The average molecular weight is 380 g/mol. The highest BCUT2D eigenvalue weighted by atomic mass is 32.2. The van der Waals surface area contributed by atoms with E-state index in [2.05, 4.69) is 4.72 Å². The summed E-state index contributed by atoms with van der Waals surface area (Å²) in [5.41, 5.74) is 0.990. The molecule has 0 aliphatic rings. The van der Waals surface area contributed by atoms with E-state index < -0.39 is 15.8 Å². The van der Waals surface area contributed by atoms with Crippen LogP contribution < -0.4 is 9.46 Å². The first kappa shape index (κ1) is 19.9. The fourth-order valence-electron chi connectivity index (χ4n) is 2.43. The molecule has 0 atom stereocenters. The van der Waals surface area contributed by atoms with E-state index in [1.165, 1.54) is 50.6 Å². The number of methoxy groups -OCH3 is 1. The Labute approximate surface area is 152 Å². The summed E-state index contributed by atoms with van der Waals surface area (Å²) in [6, 6.07) is 10.2. The zero-order valence-corrected chi connectivity index (χ0v) is 15.6. The van der Waals surface area contributed by atoms with Gasteiger partial charge < -0.3 is 9.64 Å². The van der Waals surface area contributed by atoms with E-state index >= 15 is 0 Å². The van der Waals surface area contributed by atoms with Gasteiger partial charge in [0.15, 0.2) is 11.6 Å². The molecule has 0 unspecified atom stereocenters. The highest BCUT2D eigenvalue weighted by molar-refractivity contribution is 7.89. The lowest BCUT2D eigenvalue weighted by molar-refractivity contribution is 0.0752. The Morgan fingerprint density at radius 1 is 1.19 bits per heavy atom. The molecule has 2 aromatic rings. The summed E-state index contributed by atoms with van der Waals surface area (Å²) >= 11 is 0. The van der Waals surface area contributed by atoms with Crippen LogP contribution in [-0.2, 0) is 16.6 Å². The van der Waals surface area contributed by atoms with Gasteiger partial charge in [-0.3, -0.25) is 4.79 Å². The van der Waals surface area contributed by atoms with Crippen LogP contribution in [0.15, 0.2) is 47.4 Å². The third kappa shape index (κ3) is 4.39. The van der Waals surface area contributed by atoms with Crippen molar-refractivity contribution >= 4 is 15.9 Å². The number of halogens is 1. The molecule has 0 aliphatic carbocycles. The maximum atomic E-state index is 13.8. The third-order valence-electron chi connectivity index (χ3n) is 3.94. The molecule has 26 heavy (non-hydrogen) atoms. The number of ether oxygens (including phenoxy) is 1. The van der Waals surface area contributed by atoms with E-state index in [0.29, 0.717) is 17.7 Å². The van der Waals surface area contributed by atoms with Gasteiger partial charge in [-0.05, 0) is 55.9 Å². The molecule has 0 bridgehead atoms. The lowest BCUT2D eigenvalue weighted by atomic mass is 10.1. The van der Waals surface area contributed by atoms with Crippen molar-refractivity contribution in [2.24, 2.45) is 0 Å².